The predicted molar refractivity (Wildman–Crippen MR) is 107 cm³/mol. The third kappa shape index (κ3) is 6.32. The Labute approximate surface area is 170 Å². The molecule has 0 spiro atoms. The predicted octanol–water partition coefficient (Wildman–Crippen LogP) is 4.28. The molecule has 0 aromatic heterocycles. The fourth-order valence-electron chi connectivity index (χ4n) is 2.86. The van der Waals surface area contributed by atoms with Gasteiger partial charge < -0.3 is 18.9 Å². The second-order valence-electron chi connectivity index (χ2n) is 7.38. The summed E-state index contributed by atoms with van der Waals surface area (Å²) in [6, 6.07) is 13.2. The molecule has 0 amide bonds. The summed E-state index contributed by atoms with van der Waals surface area (Å²) in [4.78, 5) is 24.7. The second-order valence-corrected chi connectivity index (χ2v) is 7.38. The van der Waals surface area contributed by atoms with Crippen LogP contribution in [-0.2, 0) is 9.47 Å². The summed E-state index contributed by atoms with van der Waals surface area (Å²) in [6.07, 6.45) is 1.84. The average molecular weight is 398 g/mol. The fourth-order valence-corrected chi connectivity index (χ4v) is 2.86. The highest BCUT2D eigenvalue weighted by Crippen LogP contribution is 2.19. The van der Waals surface area contributed by atoms with Crippen LogP contribution in [0.15, 0.2) is 48.5 Å². The van der Waals surface area contributed by atoms with Gasteiger partial charge in [-0.05, 0) is 55.2 Å². The topological polar surface area (TPSA) is 71.1 Å². The number of ether oxygens (including phenoxy) is 4. The van der Waals surface area contributed by atoms with Gasteiger partial charge in [-0.15, -0.1) is 0 Å². The van der Waals surface area contributed by atoms with Crippen LogP contribution in [0.4, 0.5) is 0 Å². The molecule has 1 heterocycles. The Kier molecular flexibility index (Phi) is 7.25. The molecular formula is C23H26O6. The molecule has 0 aliphatic carbocycles. The Morgan fingerprint density at radius 1 is 1.03 bits per heavy atom. The van der Waals surface area contributed by atoms with Gasteiger partial charge in [0, 0.05) is 6.61 Å². The minimum Gasteiger partial charge on any atom is -0.493 e. The monoisotopic (exact) mass is 398 g/mol. The van der Waals surface area contributed by atoms with Gasteiger partial charge in [0.05, 0.1) is 23.8 Å². The minimum absolute atomic E-state index is 0.0369. The largest absolute Gasteiger partial charge is 0.493 e. The maximum atomic E-state index is 12.5. The van der Waals surface area contributed by atoms with Crippen LogP contribution in [0.2, 0.25) is 0 Å². The van der Waals surface area contributed by atoms with E-state index < -0.39 is 11.9 Å². The van der Waals surface area contributed by atoms with Crippen molar-refractivity contribution >= 4 is 11.9 Å². The standard InChI is InChI=1S/C23H26O6/c1-16(2)14-27-19-8-3-7-18(12-19)23(25)29-20-9-4-6-17(13-20)22(24)28-15-21-10-5-11-26-21/h3-4,6-9,12-13,16,21H,5,10-11,14-15H2,1-2H3. The molecule has 1 fully saturated rings. The van der Waals surface area contributed by atoms with E-state index in [1.165, 1.54) is 6.07 Å². The molecule has 2 aromatic carbocycles. The number of rotatable bonds is 8. The molecule has 6 heteroatoms. The SMILES string of the molecule is CC(C)COc1cccc(C(=O)Oc2cccc(C(=O)OCC3CCCO3)c2)c1. The van der Waals surface area contributed by atoms with Crippen molar-refractivity contribution in [1.29, 1.82) is 0 Å². The lowest BCUT2D eigenvalue weighted by Gasteiger charge is -2.11. The summed E-state index contributed by atoms with van der Waals surface area (Å²) in [5, 5.41) is 0. The van der Waals surface area contributed by atoms with Crippen LogP contribution in [0.1, 0.15) is 47.4 Å². The second kappa shape index (κ2) is 10.1. The van der Waals surface area contributed by atoms with Crippen molar-refractivity contribution in [3.8, 4) is 11.5 Å². The molecule has 0 saturated carbocycles. The third-order valence-electron chi connectivity index (χ3n) is 4.36. The Bertz CT molecular complexity index is 839. The molecule has 3 rings (SSSR count). The lowest BCUT2D eigenvalue weighted by atomic mass is 10.2. The van der Waals surface area contributed by atoms with Crippen molar-refractivity contribution in [2.24, 2.45) is 5.92 Å². The molecule has 0 bridgehead atoms. The van der Waals surface area contributed by atoms with E-state index in [4.69, 9.17) is 18.9 Å². The number of hydrogen-bond acceptors (Lipinski definition) is 6. The van der Waals surface area contributed by atoms with Crippen molar-refractivity contribution < 1.29 is 28.5 Å². The van der Waals surface area contributed by atoms with Crippen molar-refractivity contribution in [2.75, 3.05) is 19.8 Å². The van der Waals surface area contributed by atoms with E-state index in [1.54, 1.807) is 42.5 Å². The molecule has 1 atom stereocenters. The number of hydrogen-bond donors (Lipinski definition) is 0. The zero-order valence-corrected chi connectivity index (χ0v) is 16.8. The van der Waals surface area contributed by atoms with Gasteiger partial charge in [-0.2, -0.15) is 0 Å². The van der Waals surface area contributed by atoms with Crippen LogP contribution < -0.4 is 9.47 Å². The highest BCUT2D eigenvalue weighted by molar-refractivity contribution is 5.93. The molecule has 2 aromatic rings. The van der Waals surface area contributed by atoms with Crippen LogP contribution in [0, 0.1) is 5.92 Å². The summed E-state index contributed by atoms with van der Waals surface area (Å²) in [7, 11) is 0. The fraction of sp³-hybridized carbons (Fsp3) is 0.391. The molecule has 6 nitrogen and oxygen atoms in total. The van der Waals surface area contributed by atoms with E-state index in [9.17, 15) is 9.59 Å². The van der Waals surface area contributed by atoms with Gasteiger partial charge in [0.2, 0.25) is 0 Å². The molecule has 154 valence electrons. The summed E-state index contributed by atoms with van der Waals surface area (Å²) in [6.45, 7) is 5.60. The van der Waals surface area contributed by atoms with Gasteiger partial charge >= 0.3 is 11.9 Å². The number of carbonyl (C=O) groups excluding carboxylic acids is 2. The maximum absolute atomic E-state index is 12.5. The highest BCUT2D eigenvalue weighted by Gasteiger charge is 2.19. The van der Waals surface area contributed by atoms with E-state index in [1.807, 2.05) is 0 Å². The summed E-state index contributed by atoms with van der Waals surface area (Å²) in [5.41, 5.74) is 0.694. The lowest BCUT2D eigenvalue weighted by Crippen LogP contribution is -2.18. The Balaban J connectivity index is 1.59. The molecular weight excluding hydrogens is 372 g/mol. The van der Waals surface area contributed by atoms with E-state index >= 15 is 0 Å². The molecule has 1 unspecified atom stereocenters. The van der Waals surface area contributed by atoms with Crippen molar-refractivity contribution in [3.05, 3.63) is 59.7 Å². The smallest absolute Gasteiger partial charge is 0.343 e. The van der Waals surface area contributed by atoms with Crippen LogP contribution in [-0.4, -0.2) is 37.9 Å². The minimum atomic E-state index is -0.523. The van der Waals surface area contributed by atoms with E-state index in [0.29, 0.717) is 36.0 Å². The number of carbonyl (C=O) groups is 2. The van der Waals surface area contributed by atoms with Crippen molar-refractivity contribution in [1.82, 2.24) is 0 Å². The van der Waals surface area contributed by atoms with Gasteiger partial charge in [-0.25, -0.2) is 9.59 Å². The first-order valence-corrected chi connectivity index (χ1v) is 9.85. The number of esters is 2. The summed E-state index contributed by atoms with van der Waals surface area (Å²) in [5.74, 6) is 0.273. The Hall–Kier alpha value is -2.86. The van der Waals surface area contributed by atoms with Crippen LogP contribution >= 0.6 is 0 Å². The van der Waals surface area contributed by atoms with Gasteiger partial charge in [0.15, 0.2) is 0 Å². The van der Waals surface area contributed by atoms with E-state index in [2.05, 4.69) is 13.8 Å². The molecule has 0 radical (unpaired) electrons. The van der Waals surface area contributed by atoms with Crippen LogP contribution in [0.25, 0.3) is 0 Å². The van der Waals surface area contributed by atoms with Gasteiger partial charge in [0.25, 0.3) is 0 Å². The van der Waals surface area contributed by atoms with Crippen LogP contribution in [0.3, 0.4) is 0 Å². The lowest BCUT2D eigenvalue weighted by molar-refractivity contribution is 0.0161. The third-order valence-corrected chi connectivity index (χ3v) is 4.36. The van der Waals surface area contributed by atoms with Crippen molar-refractivity contribution in [2.45, 2.75) is 32.8 Å². The van der Waals surface area contributed by atoms with E-state index in [0.717, 1.165) is 12.8 Å². The summed E-state index contributed by atoms with van der Waals surface area (Å²) < 4.78 is 21.8. The first kappa shape index (κ1) is 20.9. The Morgan fingerprint density at radius 3 is 2.41 bits per heavy atom. The van der Waals surface area contributed by atoms with Gasteiger partial charge in [-0.3, -0.25) is 0 Å². The average Bonchev–Trinajstić information content (AvgIpc) is 3.24. The van der Waals surface area contributed by atoms with Crippen LogP contribution in [0.5, 0.6) is 11.5 Å². The quantitative estimate of drug-likeness (QED) is 0.488. The zero-order chi connectivity index (χ0) is 20.6. The first-order chi connectivity index (χ1) is 14.0. The molecule has 0 N–H and O–H groups in total. The van der Waals surface area contributed by atoms with Crippen molar-refractivity contribution in [3.63, 3.8) is 0 Å². The molecule has 1 aliphatic heterocycles. The molecule has 29 heavy (non-hydrogen) atoms. The Morgan fingerprint density at radius 2 is 1.72 bits per heavy atom. The molecule has 1 saturated heterocycles. The van der Waals surface area contributed by atoms with Gasteiger partial charge in [0.1, 0.15) is 18.1 Å². The highest BCUT2D eigenvalue weighted by atomic mass is 16.6. The zero-order valence-electron chi connectivity index (χ0n) is 16.8. The normalized spacial score (nSPS) is 15.9. The summed E-state index contributed by atoms with van der Waals surface area (Å²) >= 11 is 0. The number of benzene rings is 2. The van der Waals surface area contributed by atoms with Gasteiger partial charge in [-0.1, -0.05) is 26.0 Å². The van der Waals surface area contributed by atoms with E-state index in [-0.39, 0.29) is 18.5 Å². The molecule has 1 aliphatic rings. The maximum Gasteiger partial charge on any atom is 0.343 e. The first-order valence-electron chi connectivity index (χ1n) is 9.85.